The van der Waals surface area contributed by atoms with Gasteiger partial charge in [-0.2, -0.15) is 0 Å². The second kappa shape index (κ2) is 3.25. The Balaban J connectivity index is 2.85. The fourth-order valence-electron chi connectivity index (χ4n) is 1.57. The highest BCUT2D eigenvalue weighted by Crippen LogP contribution is 2.14. The maximum atomic E-state index is 11.2. The molecule has 0 aliphatic carbocycles. The van der Waals surface area contributed by atoms with Crippen LogP contribution in [0.1, 0.15) is 5.56 Å². The second-order valence-electron chi connectivity index (χ2n) is 3.49. The molecule has 0 radical (unpaired) electrons. The quantitative estimate of drug-likeness (QED) is 0.595. The van der Waals surface area contributed by atoms with Crippen LogP contribution in [0.5, 0.6) is 0 Å². The van der Waals surface area contributed by atoms with Gasteiger partial charge in [0.15, 0.2) is 5.58 Å². The summed E-state index contributed by atoms with van der Waals surface area (Å²) in [6, 6.07) is 3.10. The van der Waals surface area contributed by atoms with Crippen molar-refractivity contribution in [3.63, 3.8) is 0 Å². The molecule has 0 bridgehead atoms. The van der Waals surface area contributed by atoms with Gasteiger partial charge in [0, 0.05) is 7.05 Å². The molecule has 0 amide bonds. The topological polar surface area (TPSA) is 75.6 Å². The van der Waals surface area contributed by atoms with Gasteiger partial charge in [-0.1, -0.05) is 6.07 Å². The number of hydrogen-bond acceptors (Lipinski definition) is 4. The number of benzene rings is 1. The van der Waals surface area contributed by atoms with Crippen LogP contribution in [0.2, 0.25) is 0 Å². The lowest BCUT2D eigenvalue weighted by molar-refractivity contribution is 0.426. The molecule has 6 heteroatoms. The van der Waals surface area contributed by atoms with E-state index in [0.717, 1.165) is 0 Å². The number of nitrogens with zero attached hydrogens (tertiary/aromatic N) is 1. The van der Waals surface area contributed by atoms with Crippen LogP contribution >= 0.6 is 0 Å². The molecule has 0 unspecified atom stereocenters. The van der Waals surface area contributed by atoms with E-state index in [4.69, 9.17) is 14.5 Å². The van der Waals surface area contributed by atoms with Crippen molar-refractivity contribution < 1.29 is 14.5 Å². The Morgan fingerprint density at radius 2 is 2.07 bits per heavy atom. The first-order valence-electron chi connectivity index (χ1n) is 4.47. The van der Waals surface area contributed by atoms with Crippen LogP contribution in [0.3, 0.4) is 0 Å². The molecule has 0 aliphatic rings. The Bertz CT molecular complexity index is 569. The van der Waals surface area contributed by atoms with Crippen molar-refractivity contribution in [2.24, 2.45) is 7.05 Å². The smallest absolute Gasteiger partial charge is 0.423 e. The first-order chi connectivity index (χ1) is 7.00. The second-order valence-corrected chi connectivity index (χ2v) is 3.49. The normalized spacial score (nSPS) is 10.9. The Morgan fingerprint density at radius 3 is 2.67 bits per heavy atom. The highest BCUT2D eigenvalue weighted by Gasteiger charge is 2.16. The molecular formula is C9H10BNO4. The number of oxazole rings is 1. The summed E-state index contributed by atoms with van der Waals surface area (Å²) in [5, 5.41) is 18.1. The number of fused-ring (bicyclic) bond motifs is 1. The lowest BCUT2D eigenvalue weighted by Gasteiger charge is -2.02. The minimum atomic E-state index is -1.54. The molecule has 0 saturated carbocycles. The third-order valence-corrected chi connectivity index (χ3v) is 2.40. The molecule has 0 atom stereocenters. The van der Waals surface area contributed by atoms with Gasteiger partial charge in [0.2, 0.25) is 0 Å². The maximum absolute atomic E-state index is 11.2. The highest BCUT2D eigenvalue weighted by atomic mass is 16.4. The highest BCUT2D eigenvalue weighted by molar-refractivity contribution is 6.58. The predicted octanol–water partition coefficient (Wildman–Crippen LogP) is -0.880. The van der Waals surface area contributed by atoms with Crippen molar-refractivity contribution in [3.8, 4) is 0 Å². The monoisotopic (exact) mass is 207 g/mol. The molecule has 2 aromatic rings. The summed E-state index contributed by atoms with van der Waals surface area (Å²) >= 11 is 0. The van der Waals surface area contributed by atoms with Gasteiger partial charge in [-0.05, 0) is 24.0 Å². The standard InChI is InChI=1S/C9H10BNO4/c1-5-3-6(10(13)14)4-7-8(5)15-9(12)11(7)2/h3-4,13-14H,1-2H3. The lowest BCUT2D eigenvalue weighted by Crippen LogP contribution is -2.30. The summed E-state index contributed by atoms with van der Waals surface area (Å²) in [6.07, 6.45) is 0. The van der Waals surface area contributed by atoms with Crippen LogP contribution in [-0.4, -0.2) is 21.7 Å². The van der Waals surface area contributed by atoms with Crippen molar-refractivity contribution in [1.82, 2.24) is 4.57 Å². The third-order valence-electron chi connectivity index (χ3n) is 2.40. The summed E-state index contributed by atoms with van der Waals surface area (Å²) in [5.74, 6) is -0.460. The summed E-state index contributed by atoms with van der Waals surface area (Å²) in [5.41, 5.74) is 2.08. The average molecular weight is 207 g/mol. The molecule has 0 fully saturated rings. The number of hydrogen-bond donors (Lipinski definition) is 2. The molecule has 1 aromatic heterocycles. The van der Waals surface area contributed by atoms with E-state index in [0.29, 0.717) is 22.1 Å². The molecule has 1 heterocycles. The van der Waals surface area contributed by atoms with E-state index in [1.54, 1.807) is 20.0 Å². The Labute approximate surface area is 85.7 Å². The molecular weight excluding hydrogens is 197 g/mol. The van der Waals surface area contributed by atoms with Crippen molar-refractivity contribution in [3.05, 3.63) is 28.2 Å². The molecule has 15 heavy (non-hydrogen) atoms. The van der Waals surface area contributed by atoms with Crippen molar-refractivity contribution in [2.45, 2.75) is 6.92 Å². The largest absolute Gasteiger partial charge is 0.488 e. The van der Waals surface area contributed by atoms with Crippen LogP contribution in [-0.2, 0) is 7.05 Å². The van der Waals surface area contributed by atoms with E-state index in [1.165, 1.54) is 10.6 Å². The van der Waals surface area contributed by atoms with E-state index < -0.39 is 12.9 Å². The SMILES string of the molecule is Cc1cc(B(O)O)cc2c1oc(=O)n2C. The lowest BCUT2D eigenvalue weighted by atomic mass is 9.79. The minimum absolute atomic E-state index is 0.344. The molecule has 5 nitrogen and oxygen atoms in total. The molecule has 0 saturated heterocycles. The molecule has 2 N–H and O–H groups in total. The van der Waals surface area contributed by atoms with Gasteiger partial charge in [0.05, 0.1) is 5.52 Å². The fourth-order valence-corrected chi connectivity index (χ4v) is 1.57. The summed E-state index contributed by atoms with van der Waals surface area (Å²) in [7, 11) is 0.0272. The number of aryl methyl sites for hydroxylation is 2. The van der Waals surface area contributed by atoms with Crippen LogP contribution in [0.4, 0.5) is 0 Å². The fraction of sp³-hybridized carbons (Fsp3) is 0.222. The molecule has 78 valence electrons. The van der Waals surface area contributed by atoms with E-state index in [2.05, 4.69) is 0 Å². The van der Waals surface area contributed by atoms with Crippen molar-refractivity contribution >= 4 is 23.7 Å². The van der Waals surface area contributed by atoms with Gasteiger partial charge in [-0.15, -0.1) is 0 Å². The Kier molecular flexibility index (Phi) is 2.17. The van der Waals surface area contributed by atoms with Crippen molar-refractivity contribution in [1.29, 1.82) is 0 Å². The molecule has 0 aliphatic heterocycles. The van der Waals surface area contributed by atoms with E-state index in [-0.39, 0.29) is 0 Å². The number of rotatable bonds is 1. The van der Waals surface area contributed by atoms with Crippen LogP contribution in [0, 0.1) is 6.92 Å². The maximum Gasteiger partial charge on any atom is 0.488 e. The predicted molar refractivity (Wildman–Crippen MR) is 56.0 cm³/mol. The van der Waals surface area contributed by atoms with Crippen LogP contribution in [0.25, 0.3) is 11.1 Å². The van der Waals surface area contributed by atoms with Crippen LogP contribution < -0.4 is 11.2 Å². The summed E-state index contributed by atoms with van der Waals surface area (Å²) in [6.45, 7) is 1.75. The van der Waals surface area contributed by atoms with Gasteiger partial charge in [0.1, 0.15) is 0 Å². The van der Waals surface area contributed by atoms with Gasteiger partial charge >= 0.3 is 12.9 Å². The first kappa shape index (κ1) is 10.0. The Morgan fingerprint density at radius 1 is 1.40 bits per heavy atom. The summed E-state index contributed by atoms with van der Waals surface area (Å²) < 4.78 is 6.34. The van der Waals surface area contributed by atoms with E-state index in [9.17, 15) is 4.79 Å². The average Bonchev–Trinajstić information content (AvgIpc) is 2.45. The van der Waals surface area contributed by atoms with E-state index >= 15 is 0 Å². The zero-order chi connectivity index (χ0) is 11.2. The minimum Gasteiger partial charge on any atom is -0.423 e. The molecule has 0 spiro atoms. The number of aromatic nitrogens is 1. The van der Waals surface area contributed by atoms with Crippen LogP contribution in [0.15, 0.2) is 21.3 Å². The van der Waals surface area contributed by atoms with Gasteiger partial charge in [-0.25, -0.2) is 4.79 Å². The van der Waals surface area contributed by atoms with Crippen molar-refractivity contribution in [2.75, 3.05) is 0 Å². The first-order valence-corrected chi connectivity index (χ1v) is 4.47. The zero-order valence-corrected chi connectivity index (χ0v) is 8.39. The van der Waals surface area contributed by atoms with Gasteiger partial charge in [-0.3, -0.25) is 4.57 Å². The zero-order valence-electron chi connectivity index (χ0n) is 8.39. The Hall–Kier alpha value is -1.53. The van der Waals surface area contributed by atoms with Gasteiger partial charge < -0.3 is 14.5 Å². The van der Waals surface area contributed by atoms with E-state index in [1.807, 2.05) is 0 Å². The van der Waals surface area contributed by atoms with Gasteiger partial charge in [0.25, 0.3) is 0 Å². The molecule has 1 aromatic carbocycles. The summed E-state index contributed by atoms with van der Waals surface area (Å²) in [4.78, 5) is 11.2. The molecule has 2 rings (SSSR count). The third kappa shape index (κ3) is 1.47.